The van der Waals surface area contributed by atoms with Crippen molar-refractivity contribution in [2.24, 2.45) is 5.92 Å². The molecule has 0 spiro atoms. The average Bonchev–Trinajstić information content (AvgIpc) is 3.03. The van der Waals surface area contributed by atoms with Crippen molar-refractivity contribution in [2.45, 2.75) is 13.0 Å². The van der Waals surface area contributed by atoms with Gasteiger partial charge in [0, 0.05) is 24.9 Å². The lowest BCUT2D eigenvalue weighted by Crippen LogP contribution is -2.49. The van der Waals surface area contributed by atoms with E-state index in [9.17, 15) is 14.4 Å². The summed E-state index contributed by atoms with van der Waals surface area (Å²) in [5, 5.41) is 8.96. The summed E-state index contributed by atoms with van der Waals surface area (Å²) in [6.07, 6.45) is 0. The van der Waals surface area contributed by atoms with Crippen molar-refractivity contribution in [1.29, 1.82) is 0 Å². The first-order valence-corrected chi connectivity index (χ1v) is 8.48. The number of nitrogens with zero attached hydrogens (tertiary/aromatic N) is 2. The van der Waals surface area contributed by atoms with Gasteiger partial charge in [-0.25, -0.2) is 0 Å². The molecule has 7 heteroatoms. The molecule has 1 aromatic carbocycles. The van der Waals surface area contributed by atoms with Gasteiger partial charge in [0.1, 0.15) is 6.04 Å². The van der Waals surface area contributed by atoms with Gasteiger partial charge in [-0.2, -0.15) is 0 Å². The average molecular weight is 336 g/mol. The van der Waals surface area contributed by atoms with Crippen molar-refractivity contribution in [3.05, 3.63) is 35.9 Å². The Balaban J connectivity index is 2.07. The third-order valence-electron chi connectivity index (χ3n) is 3.79. The van der Waals surface area contributed by atoms with Crippen LogP contribution in [0.15, 0.2) is 30.3 Å². The maximum Gasteiger partial charge on any atom is 0.308 e. The Morgan fingerprint density at radius 3 is 2.61 bits per heavy atom. The summed E-state index contributed by atoms with van der Waals surface area (Å²) in [4.78, 5) is 39.0. The van der Waals surface area contributed by atoms with Crippen LogP contribution >= 0.6 is 11.8 Å². The van der Waals surface area contributed by atoms with Gasteiger partial charge in [0.15, 0.2) is 0 Å². The maximum absolute atomic E-state index is 12.6. The van der Waals surface area contributed by atoms with Crippen LogP contribution in [-0.4, -0.2) is 64.0 Å². The van der Waals surface area contributed by atoms with Crippen molar-refractivity contribution < 1.29 is 19.5 Å². The molecule has 0 radical (unpaired) electrons. The Morgan fingerprint density at radius 1 is 1.35 bits per heavy atom. The summed E-state index contributed by atoms with van der Waals surface area (Å²) in [5.74, 6) is -0.977. The largest absolute Gasteiger partial charge is 0.481 e. The number of carbonyl (C=O) groups excluding carboxylic acids is 2. The summed E-state index contributed by atoms with van der Waals surface area (Å²) >= 11 is 1.53. The molecule has 1 N–H and O–H groups in total. The van der Waals surface area contributed by atoms with E-state index in [0.29, 0.717) is 17.2 Å². The molecule has 23 heavy (non-hydrogen) atoms. The minimum absolute atomic E-state index is 0.128. The van der Waals surface area contributed by atoms with Crippen LogP contribution in [-0.2, 0) is 9.59 Å². The zero-order valence-electron chi connectivity index (χ0n) is 13.1. The van der Waals surface area contributed by atoms with Crippen molar-refractivity contribution in [3.63, 3.8) is 0 Å². The van der Waals surface area contributed by atoms with Gasteiger partial charge in [-0.15, -0.1) is 11.8 Å². The van der Waals surface area contributed by atoms with Gasteiger partial charge in [-0.1, -0.05) is 25.1 Å². The molecular formula is C16H20N2O4S. The first kappa shape index (κ1) is 17.3. The van der Waals surface area contributed by atoms with Crippen LogP contribution in [0.3, 0.4) is 0 Å². The monoisotopic (exact) mass is 336 g/mol. The van der Waals surface area contributed by atoms with Crippen LogP contribution in [0.5, 0.6) is 0 Å². The highest BCUT2D eigenvalue weighted by Gasteiger charge is 2.37. The molecule has 0 bridgehead atoms. The van der Waals surface area contributed by atoms with Crippen LogP contribution in [0.4, 0.5) is 0 Å². The fraction of sp³-hybridized carbons (Fsp3) is 0.438. The standard InChI is InChI=1S/C16H20N2O4S/c1-11(16(21)22)8-17(2)15(20)13-9-23-10-18(13)14(19)12-6-4-3-5-7-12/h3-7,11,13H,8-10H2,1-2H3,(H,21,22). The summed E-state index contributed by atoms with van der Waals surface area (Å²) in [7, 11) is 1.58. The first-order valence-electron chi connectivity index (χ1n) is 7.33. The molecule has 1 aliphatic rings. The molecule has 2 atom stereocenters. The van der Waals surface area contributed by atoms with E-state index in [1.807, 2.05) is 6.07 Å². The Bertz CT molecular complexity index is 593. The van der Waals surface area contributed by atoms with E-state index in [1.54, 1.807) is 43.1 Å². The lowest BCUT2D eigenvalue weighted by Gasteiger charge is -2.28. The number of benzene rings is 1. The lowest BCUT2D eigenvalue weighted by atomic mass is 10.1. The van der Waals surface area contributed by atoms with Crippen molar-refractivity contribution in [1.82, 2.24) is 9.80 Å². The topological polar surface area (TPSA) is 77.9 Å². The zero-order chi connectivity index (χ0) is 17.0. The molecule has 2 rings (SSSR count). The minimum atomic E-state index is -0.942. The van der Waals surface area contributed by atoms with E-state index in [4.69, 9.17) is 5.11 Å². The van der Waals surface area contributed by atoms with Gasteiger partial charge in [0.05, 0.1) is 11.8 Å². The third-order valence-corrected chi connectivity index (χ3v) is 4.81. The highest BCUT2D eigenvalue weighted by molar-refractivity contribution is 7.99. The minimum Gasteiger partial charge on any atom is -0.481 e. The number of hydrogen-bond donors (Lipinski definition) is 1. The molecular weight excluding hydrogens is 316 g/mol. The van der Waals surface area contributed by atoms with E-state index in [1.165, 1.54) is 16.7 Å². The molecule has 2 unspecified atom stereocenters. The number of likely N-dealkylation sites (N-methyl/N-ethyl adjacent to an activating group) is 1. The summed E-state index contributed by atoms with van der Waals surface area (Å²) in [6, 6.07) is 8.31. The zero-order valence-corrected chi connectivity index (χ0v) is 14.0. The van der Waals surface area contributed by atoms with Gasteiger partial charge in [-0.3, -0.25) is 14.4 Å². The second kappa shape index (κ2) is 7.50. The predicted octanol–water partition coefficient (Wildman–Crippen LogP) is 1.38. The highest BCUT2D eigenvalue weighted by atomic mass is 32.2. The second-order valence-electron chi connectivity index (χ2n) is 5.61. The number of carboxylic acid groups (broad SMARTS) is 1. The number of carbonyl (C=O) groups is 3. The second-order valence-corrected chi connectivity index (χ2v) is 6.61. The number of aliphatic carboxylic acids is 1. The number of thioether (sulfide) groups is 1. The Morgan fingerprint density at radius 2 is 2.00 bits per heavy atom. The molecule has 124 valence electrons. The van der Waals surface area contributed by atoms with E-state index in [2.05, 4.69) is 0 Å². The first-order chi connectivity index (χ1) is 10.9. The smallest absolute Gasteiger partial charge is 0.308 e. The molecule has 2 amide bonds. The summed E-state index contributed by atoms with van der Waals surface area (Å²) in [6.45, 7) is 1.69. The fourth-order valence-corrected chi connectivity index (χ4v) is 3.57. The molecule has 0 saturated carbocycles. The normalized spacial score (nSPS) is 18.5. The van der Waals surface area contributed by atoms with Crippen LogP contribution in [0.25, 0.3) is 0 Å². The van der Waals surface area contributed by atoms with Crippen LogP contribution in [0.2, 0.25) is 0 Å². The Hall–Kier alpha value is -2.02. The molecule has 6 nitrogen and oxygen atoms in total. The van der Waals surface area contributed by atoms with Gasteiger partial charge >= 0.3 is 5.97 Å². The molecule has 1 saturated heterocycles. The Kier molecular flexibility index (Phi) is 5.65. The Labute approximate surface area is 139 Å². The van der Waals surface area contributed by atoms with Gasteiger partial charge in [-0.05, 0) is 12.1 Å². The van der Waals surface area contributed by atoms with Gasteiger partial charge in [0.2, 0.25) is 5.91 Å². The number of rotatable bonds is 5. The maximum atomic E-state index is 12.6. The summed E-state index contributed by atoms with van der Waals surface area (Å²) < 4.78 is 0. The predicted molar refractivity (Wildman–Crippen MR) is 88.2 cm³/mol. The van der Waals surface area contributed by atoms with E-state index in [-0.39, 0.29) is 18.4 Å². The molecule has 0 aromatic heterocycles. The van der Waals surface area contributed by atoms with E-state index in [0.717, 1.165) is 0 Å². The van der Waals surface area contributed by atoms with Crippen LogP contribution < -0.4 is 0 Å². The quantitative estimate of drug-likeness (QED) is 0.879. The van der Waals surface area contributed by atoms with E-state index >= 15 is 0 Å². The van der Waals surface area contributed by atoms with E-state index < -0.39 is 17.9 Å². The third kappa shape index (κ3) is 4.04. The molecule has 1 aromatic rings. The number of carboxylic acids is 1. The SMILES string of the molecule is CC(CN(C)C(=O)C1CSCN1C(=O)c1ccccc1)C(=O)O. The molecule has 0 aliphatic carbocycles. The number of amides is 2. The summed E-state index contributed by atoms with van der Waals surface area (Å²) in [5.41, 5.74) is 0.550. The van der Waals surface area contributed by atoms with Crippen molar-refractivity contribution in [2.75, 3.05) is 25.2 Å². The van der Waals surface area contributed by atoms with Crippen molar-refractivity contribution in [3.8, 4) is 0 Å². The van der Waals surface area contributed by atoms with Gasteiger partial charge in [0.25, 0.3) is 5.91 Å². The molecule has 1 heterocycles. The molecule has 1 aliphatic heterocycles. The van der Waals surface area contributed by atoms with Gasteiger partial charge < -0.3 is 14.9 Å². The fourth-order valence-electron chi connectivity index (χ4n) is 2.43. The highest BCUT2D eigenvalue weighted by Crippen LogP contribution is 2.24. The van der Waals surface area contributed by atoms with Crippen LogP contribution in [0.1, 0.15) is 17.3 Å². The van der Waals surface area contributed by atoms with Crippen molar-refractivity contribution >= 4 is 29.5 Å². The lowest BCUT2D eigenvalue weighted by molar-refractivity contribution is -0.143. The van der Waals surface area contributed by atoms with Crippen LogP contribution in [0, 0.1) is 5.92 Å². The number of hydrogen-bond acceptors (Lipinski definition) is 4. The molecule has 1 fully saturated rings.